The molecule has 2 aromatic rings. The Hall–Kier alpha value is -1.88. The van der Waals surface area contributed by atoms with Gasteiger partial charge in [0, 0.05) is 32.5 Å². The summed E-state index contributed by atoms with van der Waals surface area (Å²) in [5.41, 5.74) is 0.640. The highest BCUT2D eigenvalue weighted by Crippen LogP contribution is 2.23. The molecule has 3 rings (SSSR count). The van der Waals surface area contributed by atoms with Crippen molar-refractivity contribution in [1.29, 1.82) is 0 Å². The van der Waals surface area contributed by atoms with Crippen LogP contribution in [-0.4, -0.2) is 35.7 Å². The normalized spacial score (nSPS) is 23.2. The Bertz CT molecular complexity index is 667. The molecule has 5 nitrogen and oxygen atoms in total. The van der Waals surface area contributed by atoms with Gasteiger partial charge in [0.1, 0.15) is 11.5 Å². The molecular weight excluding hydrogens is 254 g/mol. The highest BCUT2D eigenvalue weighted by Gasteiger charge is 2.27. The van der Waals surface area contributed by atoms with Crippen molar-refractivity contribution < 1.29 is 4.74 Å². The summed E-state index contributed by atoms with van der Waals surface area (Å²) in [6, 6.07) is 7.18. The number of ether oxygens (including phenoxy) is 1. The maximum atomic E-state index is 12.1. The summed E-state index contributed by atoms with van der Waals surface area (Å²) in [6.45, 7) is 3.90. The average molecular weight is 273 g/mol. The molecule has 0 bridgehead atoms. The van der Waals surface area contributed by atoms with E-state index in [0.717, 1.165) is 25.3 Å². The fourth-order valence-corrected chi connectivity index (χ4v) is 2.75. The average Bonchev–Trinajstić information content (AvgIpc) is 2.47. The summed E-state index contributed by atoms with van der Waals surface area (Å²) in [6.07, 6.45) is 2.98. The van der Waals surface area contributed by atoms with Gasteiger partial charge >= 0.3 is 0 Å². The van der Waals surface area contributed by atoms with Crippen LogP contribution in [-0.2, 0) is 4.74 Å². The number of aromatic nitrogens is 2. The summed E-state index contributed by atoms with van der Waals surface area (Å²) < 4.78 is 7.08. The Morgan fingerprint density at radius 3 is 3.05 bits per heavy atom. The van der Waals surface area contributed by atoms with Crippen LogP contribution in [0.15, 0.2) is 35.3 Å². The first-order valence-corrected chi connectivity index (χ1v) is 6.95. The van der Waals surface area contributed by atoms with Gasteiger partial charge < -0.3 is 9.64 Å². The molecule has 0 radical (unpaired) electrons. The lowest BCUT2D eigenvalue weighted by molar-refractivity contribution is 0.0496. The molecule has 0 aromatic carbocycles. The predicted molar refractivity (Wildman–Crippen MR) is 78.3 cm³/mol. The van der Waals surface area contributed by atoms with Crippen molar-refractivity contribution in [2.75, 3.05) is 25.1 Å². The van der Waals surface area contributed by atoms with Gasteiger partial charge in [-0.05, 0) is 24.5 Å². The van der Waals surface area contributed by atoms with Crippen molar-refractivity contribution in [3.8, 4) is 0 Å². The quantitative estimate of drug-likeness (QED) is 0.833. The van der Waals surface area contributed by atoms with Gasteiger partial charge in [0.15, 0.2) is 0 Å². The van der Waals surface area contributed by atoms with E-state index >= 15 is 0 Å². The number of rotatable bonds is 2. The summed E-state index contributed by atoms with van der Waals surface area (Å²) in [4.78, 5) is 18.9. The first-order chi connectivity index (χ1) is 9.69. The number of pyridine rings is 1. The van der Waals surface area contributed by atoms with Gasteiger partial charge in [0.25, 0.3) is 5.56 Å². The second kappa shape index (κ2) is 5.25. The highest BCUT2D eigenvalue weighted by atomic mass is 16.5. The number of anilines is 1. The van der Waals surface area contributed by atoms with Crippen molar-refractivity contribution in [2.45, 2.75) is 19.4 Å². The smallest absolute Gasteiger partial charge is 0.259 e. The second-order valence-corrected chi connectivity index (χ2v) is 5.37. The molecule has 2 aromatic heterocycles. The van der Waals surface area contributed by atoms with Crippen LogP contribution in [0.1, 0.15) is 13.3 Å². The van der Waals surface area contributed by atoms with Gasteiger partial charge in [-0.25, -0.2) is 4.98 Å². The molecule has 0 aliphatic carbocycles. The summed E-state index contributed by atoms with van der Waals surface area (Å²) >= 11 is 0. The van der Waals surface area contributed by atoms with Crippen molar-refractivity contribution in [3.63, 3.8) is 0 Å². The standard InChI is InChI=1S/C15H19N3O2/c1-11-6-8-17(10-12(11)20-2)14-9-15(19)18-7-4-3-5-13(18)16-14/h3-5,7,9,11-12H,6,8,10H2,1-2H3. The minimum atomic E-state index is -0.0433. The molecule has 5 heteroatoms. The van der Waals surface area contributed by atoms with Crippen LogP contribution in [0, 0.1) is 5.92 Å². The Labute approximate surface area is 117 Å². The Morgan fingerprint density at radius 2 is 2.25 bits per heavy atom. The number of methoxy groups -OCH3 is 1. The lowest BCUT2D eigenvalue weighted by Gasteiger charge is -2.36. The van der Waals surface area contributed by atoms with Crippen molar-refractivity contribution >= 4 is 11.5 Å². The van der Waals surface area contributed by atoms with E-state index in [1.807, 2.05) is 18.2 Å². The van der Waals surface area contributed by atoms with E-state index in [0.29, 0.717) is 11.6 Å². The number of hydrogen-bond acceptors (Lipinski definition) is 4. The third-order valence-corrected chi connectivity index (χ3v) is 4.07. The van der Waals surface area contributed by atoms with Crippen LogP contribution in [0.4, 0.5) is 5.82 Å². The number of fused-ring (bicyclic) bond motifs is 1. The van der Waals surface area contributed by atoms with E-state index in [9.17, 15) is 4.79 Å². The van der Waals surface area contributed by atoms with Crippen LogP contribution in [0.2, 0.25) is 0 Å². The lowest BCUT2D eigenvalue weighted by atomic mass is 9.96. The molecule has 1 aliphatic rings. The monoisotopic (exact) mass is 273 g/mol. The molecule has 0 amide bonds. The van der Waals surface area contributed by atoms with Crippen LogP contribution in [0.5, 0.6) is 0 Å². The molecule has 106 valence electrons. The summed E-state index contributed by atoms with van der Waals surface area (Å²) in [5.74, 6) is 1.29. The SMILES string of the molecule is COC1CN(c2cc(=O)n3ccccc3n2)CCC1C. The maximum Gasteiger partial charge on any atom is 0.259 e. The molecule has 3 heterocycles. The van der Waals surface area contributed by atoms with E-state index in [1.165, 1.54) is 0 Å². The Balaban J connectivity index is 1.96. The highest BCUT2D eigenvalue weighted by molar-refractivity contribution is 5.48. The summed E-state index contributed by atoms with van der Waals surface area (Å²) in [7, 11) is 1.74. The predicted octanol–water partition coefficient (Wildman–Crippen LogP) is 1.56. The number of nitrogens with zero attached hydrogens (tertiary/aromatic N) is 3. The Morgan fingerprint density at radius 1 is 1.40 bits per heavy atom. The minimum Gasteiger partial charge on any atom is -0.379 e. The van der Waals surface area contributed by atoms with E-state index in [2.05, 4.69) is 16.8 Å². The zero-order valence-corrected chi connectivity index (χ0v) is 11.8. The molecular formula is C15H19N3O2. The fraction of sp³-hybridized carbons (Fsp3) is 0.467. The molecule has 0 saturated carbocycles. The van der Waals surface area contributed by atoms with Gasteiger partial charge in [0.2, 0.25) is 0 Å². The number of piperidine rings is 1. The van der Waals surface area contributed by atoms with Crippen LogP contribution in [0.25, 0.3) is 5.65 Å². The maximum absolute atomic E-state index is 12.1. The van der Waals surface area contributed by atoms with Crippen molar-refractivity contribution in [1.82, 2.24) is 9.38 Å². The van der Waals surface area contributed by atoms with E-state index in [4.69, 9.17) is 4.74 Å². The second-order valence-electron chi connectivity index (χ2n) is 5.37. The van der Waals surface area contributed by atoms with Crippen LogP contribution < -0.4 is 10.5 Å². The molecule has 0 N–H and O–H groups in total. The molecule has 0 spiro atoms. The zero-order chi connectivity index (χ0) is 14.1. The Kier molecular flexibility index (Phi) is 3.44. The van der Waals surface area contributed by atoms with Gasteiger partial charge in [-0.3, -0.25) is 9.20 Å². The molecule has 2 atom stereocenters. The van der Waals surface area contributed by atoms with Gasteiger partial charge in [-0.2, -0.15) is 0 Å². The zero-order valence-electron chi connectivity index (χ0n) is 11.8. The largest absolute Gasteiger partial charge is 0.379 e. The third-order valence-electron chi connectivity index (χ3n) is 4.07. The fourth-order valence-electron chi connectivity index (χ4n) is 2.75. The first-order valence-electron chi connectivity index (χ1n) is 6.95. The number of hydrogen-bond donors (Lipinski definition) is 0. The third kappa shape index (κ3) is 2.29. The molecule has 1 aliphatic heterocycles. The van der Waals surface area contributed by atoms with Crippen molar-refractivity contribution in [2.24, 2.45) is 5.92 Å². The summed E-state index contributed by atoms with van der Waals surface area (Å²) in [5, 5.41) is 0. The van der Waals surface area contributed by atoms with Crippen LogP contribution in [0.3, 0.4) is 0 Å². The van der Waals surface area contributed by atoms with E-state index in [-0.39, 0.29) is 11.7 Å². The molecule has 1 fully saturated rings. The van der Waals surface area contributed by atoms with Gasteiger partial charge in [-0.15, -0.1) is 0 Å². The first kappa shape index (κ1) is 13.1. The molecule has 1 saturated heterocycles. The van der Waals surface area contributed by atoms with Gasteiger partial charge in [0.05, 0.1) is 6.10 Å². The van der Waals surface area contributed by atoms with Crippen LogP contribution >= 0.6 is 0 Å². The van der Waals surface area contributed by atoms with Crippen molar-refractivity contribution in [3.05, 3.63) is 40.8 Å². The lowest BCUT2D eigenvalue weighted by Crippen LogP contribution is -2.44. The minimum absolute atomic E-state index is 0.0433. The topological polar surface area (TPSA) is 46.8 Å². The molecule has 20 heavy (non-hydrogen) atoms. The van der Waals surface area contributed by atoms with E-state index in [1.54, 1.807) is 23.8 Å². The van der Waals surface area contributed by atoms with Gasteiger partial charge in [-0.1, -0.05) is 13.0 Å². The van der Waals surface area contributed by atoms with E-state index < -0.39 is 0 Å². The molecule has 2 unspecified atom stereocenters.